The Hall–Kier alpha value is -1.75. The van der Waals surface area contributed by atoms with Crippen molar-refractivity contribution in [2.75, 3.05) is 20.1 Å². The maximum Gasteiger partial charge on any atom is 0.138 e. The summed E-state index contributed by atoms with van der Waals surface area (Å²) in [5.74, 6) is 1.39. The number of benzene rings is 1. The van der Waals surface area contributed by atoms with Gasteiger partial charge in [0.15, 0.2) is 0 Å². The largest absolute Gasteiger partial charge is 0.306 e. The summed E-state index contributed by atoms with van der Waals surface area (Å²) in [6.45, 7) is 2.37. The fourth-order valence-electron chi connectivity index (χ4n) is 3.10. The molecule has 0 unspecified atom stereocenters. The van der Waals surface area contributed by atoms with E-state index in [0.29, 0.717) is 0 Å². The Labute approximate surface area is 124 Å². The van der Waals surface area contributed by atoms with E-state index >= 15 is 0 Å². The van der Waals surface area contributed by atoms with Crippen molar-refractivity contribution < 1.29 is 4.39 Å². The van der Waals surface area contributed by atoms with E-state index in [9.17, 15) is 4.39 Å². The molecule has 0 N–H and O–H groups in total. The summed E-state index contributed by atoms with van der Waals surface area (Å²) < 4.78 is 15.1. The molecule has 3 rings (SSSR count). The zero-order chi connectivity index (χ0) is 14.7. The summed E-state index contributed by atoms with van der Waals surface area (Å²) in [4.78, 5) is 6.74. The second kappa shape index (κ2) is 6.35. The summed E-state index contributed by atoms with van der Waals surface area (Å²) in [5, 5.41) is 4.23. The summed E-state index contributed by atoms with van der Waals surface area (Å²) in [6, 6.07) is 6.49. The molecule has 1 aromatic heterocycles. The van der Waals surface area contributed by atoms with Gasteiger partial charge in [0.25, 0.3) is 0 Å². The van der Waals surface area contributed by atoms with Gasteiger partial charge in [0.05, 0.1) is 5.69 Å². The molecular weight excluding hydrogens is 267 g/mol. The van der Waals surface area contributed by atoms with Gasteiger partial charge in [0.1, 0.15) is 18.0 Å². The van der Waals surface area contributed by atoms with Gasteiger partial charge in [-0.15, -0.1) is 0 Å². The summed E-state index contributed by atoms with van der Waals surface area (Å²) in [7, 11) is 2.18. The summed E-state index contributed by atoms with van der Waals surface area (Å²) >= 11 is 0. The van der Waals surface area contributed by atoms with Crippen LogP contribution in [-0.4, -0.2) is 39.8 Å². The topological polar surface area (TPSA) is 34.0 Å². The zero-order valence-electron chi connectivity index (χ0n) is 12.4. The molecule has 0 saturated carbocycles. The number of aromatic nitrogens is 3. The highest BCUT2D eigenvalue weighted by Crippen LogP contribution is 2.21. The fourth-order valence-corrected chi connectivity index (χ4v) is 3.10. The monoisotopic (exact) mass is 288 g/mol. The number of rotatable bonds is 4. The van der Waals surface area contributed by atoms with Gasteiger partial charge >= 0.3 is 0 Å². The van der Waals surface area contributed by atoms with Gasteiger partial charge in [-0.2, -0.15) is 5.10 Å². The second-order valence-corrected chi connectivity index (χ2v) is 5.88. The highest BCUT2D eigenvalue weighted by Gasteiger charge is 2.18. The quantitative estimate of drug-likeness (QED) is 0.867. The molecule has 1 atom stereocenters. The maximum absolute atomic E-state index is 13.3. The Bertz CT molecular complexity index is 595. The molecule has 21 heavy (non-hydrogen) atoms. The fraction of sp³-hybridized carbons (Fsp3) is 0.500. The van der Waals surface area contributed by atoms with Crippen molar-refractivity contribution in [2.24, 2.45) is 5.92 Å². The molecule has 0 bridgehead atoms. The van der Waals surface area contributed by atoms with E-state index in [1.54, 1.807) is 17.1 Å². The van der Waals surface area contributed by atoms with Crippen LogP contribution in [0.5, 0.6) is 0 Å². The molecule has 0 spiro atoms. The van der Waals surface area contributed by atoms with E-state index in [1.165, 1.54) is 31.5 Å². The van der Waals surface area contributed by atoms with Crippen LogP contribution in [0.4, 0.5) is 4.39 Å². The van der Waals surface area contributed by atoms with Crippen molar-refractivity contribution in [1.29, 1.82) is 0 Å². The lowest BCUT2D eigenvalue weighted by atomic mass is 9.93. The smallest absolute Gasteiger partial charge is 0.138 e. The third-order valence-corrected chi connectivity index (χ3v) is 4.17. The van der Waals surface area contributed by atoms with Crippen molar-refractivity contribution in [3.05, 3.63) is 42.2 Å². The number of hydrogen-bond donors (Lipinski definition) is 0. The van der Waals surface area contributed by atoms with Gasteiger partial charge in [-0.3, -0.25) is 0 Å². The van der Waals surface area contributed by atoms with E-state index in [1.807, 2.05) is 6.07 Å². The third kappa shape index (κ3) is 3.47. The van der Waals surface area contributed by atoms with Crippen molar-refractivity contribution >= 4 is 0 Å². The van der Waals surface area contributed by atoms with Gasteiger partial charge in [-0.25, -0.2) is 14.1 Å². The first-order valence-electron chi connectivity index (χ1n) is 7.56. The number of halogens is 1. The average Bonchev–Trinajstić information content (AvgIpc) is 2.94. The number of hydrogen-bond acceptors (Lipinski definition) is 3. The standard InChI is InChI=1S/C16H21FN4/c1-20-9-3-4-13(11-20)7-8-16-18-12-19-21(16)15-6-2-5-14(17)10-15/h2,5-6,10,12-13H,3-4,7-9,11H2,1H3/t13-/m1/s1. The van der Waals surface area contributed by atoms with Crippen LogP contribution < -0.4 is 0 Å². The molecular formula is C16H21FN4. The van der Waals surface area contributed by atoms with E-state index in [4.69, 9.17) is 0 Å². The van der Waals surface area contributed by atoms with E-state index in [0.717, 1.165) is 36.8 Å². The van der Waals surface area contributed by atoms with Crippen LogP contribution in [0.3, 0.4) is 0 Å². The first kappa shape index (κ1) is 14.2. The Morgan fingerprint density at radius 2 is 2.29 bits per heavy atom. The van der Waals surface area contributed by atoms with Gasteiger partial charge in [0, 0.05) is 13.0 Å². The Balaban J connectivity index is 1.68. The normalized spacial score (nSPS) is 19.8. The molecule has 1 saturated heterocycles. The molecule has 0 aliphatic carbocycles. The highest BCUT2D eigenvalue weighted by atomic mass is 19.1. The zero-order valence-corrected chi connectivity index (χ0v) is 12.4. The molecule has 0 amide bonds. The first-order chi connectivity index (χ1) is 10.2. The molecule has 5 heteroatoms. The van der Waals surface area contributed by atoms with Crippen LogP contribution in [0.1, 0.15) is 25.1 Å². The predicted molar refractivity (Wildman–Crippen MR) is 79.9 cm³/mol. The van der Waals surface area contributed by atoms with Crippen molar-refractivity contribution in [3.63, 3.8) is 0 Å². The van der Waals surface area contributed by atoms with Crippen molar-refractivity contribution in [3.8, 4) is 5.69 Å². The molecule has 1 fully saturated rings. The molecule has 2 heterocycles. The summed E-state index contributed by atoms with van der Waals surface area (Å²) in [5.41, 5.74) is 0.739. The molecule has 1 aliphatic heterocycles. The lowest BCUT2D eigenvalue weighted by Gasteiger charge is -2.29. The molecule has 4 nitrogen and oxygen atoms in total. The lowest BCUT2D eigenvalue weighted by molar-refractivity contribution is 0.201. The average molecular weight is 288 g/mol. The molecule has 2 aromatic rings. The summed E-state index contributed by atoms with van der Waals surface area (Å²) in [6.07, 6.45) is 6.11. The Kier molecular flexibility index (Phi) is 4.29. The van der Waals surface area contributed by atoms with Crippen molar-refractivity contribution in [2.45, 2.75) is 25.7 Å². The van der Waals surface area contributed by atoms with Crippen molar-refractivity contribution in [1.82, 2.24) is 19.7 Å². The molecule has 1 aliphatic rings. The van der Waals surface area contributed by atoms with Crippen LogP contribution in [0.2, 0.25) is 0 Å². The van der Waals surface area contributed by atoms with Crippen LogP contribution in [-0.2, 0) is 6.42 Å². The van der Waals surface area contributed by atoms with Crippen LogP contribution in [0, 0.1) is 11.7 Å². The van der Waals surface area contributed by atoms with E-state index in [-0.39, 0.29) is 5.82 Å². The molecule has 112 valence electrons. The molecule has 1 aromatic carbocycles. The maximum atomic E-state index is 13.3. The minimum atomic E-state index is -0.247. The van der Waals surface area contributed by atoms with Gasteiger partial charge in [-0.1, -0.05) is 6.07 Å². The van der Waals surface area contributed by atoms with E-state index in [2.05, 4.69) is 22.0 Å². The lowest BCUT2D eigenvalue weighted by Crippen LogP contribution is -2.32. The van der Waals surface area contributed by atoms with Crippen LogP contribution >= 0.6 is 0 Å². The number of likely N-dealkylation sites (tertiary alicyclic amines) is 1. The predicted octanol–water partition coefficient (Wildman–Crippen LogP) is 2.68. The van der Waals surface area contributed by atoms with Gasteiger partial charge in [0.2, 0.25) is 0 Å². The SMILES string of the molecule is CN1CCC[C@H](CCc2ncnn2-c2cccc(F)c2)C1. The van der Waals surface area contributed by atoms with Crippen LogP contribution in [0.15, 0.2) is 30.6 Å². The number of aryl methyl sites for hydroxylation is 1. The number of nitrogens with zero attached hydrogens (tertiary/aromatic N) is 4. The third-order valence-electron chi connectivity index (χ3n) is 4.17. The van der Waals surface area contributed by atoms with E-state index < -0.39 is 0 Å². The minimum absolute atomic E-state index is 0.247. The van der Waals surface area contributed by atoms with Crippen LogP contribution in [0.25, 0.3) is 5.69 Å². The van der Waals surface area contributed by atoms with Gasteiger partial charge < -0.3 is 4.90 Å². The minimum Gasteiger partial charge on any atom is -0.306 e. The Morgan fingerprint density at radius 1 is 1.38 bits per heavy atom. The highest BCUT2D eigenvalue weighted by molar-refractivity contribution is 5.31. The number of piperidine rings is 1. The molecule has 0 radical (unpaired) electrons. The Morgan fingerprint density at radius 3 is 3.10 bits per heavy atom. The van der Waals surface area contributed by atoms with Gasteiger partial charge in [-0.05, 0) is 57.0 Å². The first-order valence-corrected chi connectivity index (χ1v) is 7.56. The second-order valence-electron chi connectivity index (χ2n) is 5.88.